The highest BCUT2D eigenvalue weighted by Crippen LogP contribution is 2.21. The summed E-state index contributed by atoms with van der Waals surface area (Å²) in [5.41, 5.74) is 1.82. The number of aromatic nitrogens is 1. The van der Waals surface area contributed by atoms with Gasteiger partial charge in [0.2, 0.25) is 0 Å². The van der Waals surface area contributed by atoms with E-state index in [9.17, 15) is 4.79 Å². The van der Waals surface area contributed by atoms with E-state index < -0.39 is 11.6 Å². The lowest BCUT2D eigenvalue weighted by atomic mass is 10.1. The molecule has 0 aliphatic rings. The monoisotopic (exact) mass is 365 g/mol. The summed E-state index contributed by atoms with van der Waals surface area (Å²) in [5.74, 6) is 0.430. The van der Waals surface area contributed by atoms with Gasteiger partial charge >= 0.3 is 5.97 Å². The number of carboxylic acid groups (broad SMARTS) is 1. The van der Waals surface area contributed by atoms with Crippen molar-refractivity contribution in [1.29, 1.82) is 0 Å². The Morgan fingerprint density at radius 3 is 2.44 bits per heavy atom. The van der Waals surface area contributed by atoms with Gasteiger partial charge in [-0.1, -0.05) is 47.6 Å². The Morgan fingerprint density at radius 2 is 1.78 bits per heavy atom. The molecule has 0 saturated heterocycles. The minimum absolute atomic E-state index is 0.550. The molecule has 0 spiro atoms. The Balaban J connectivity index is 1.51. The summed E-state index contributed by atoms with van der Waals surface area (Å²) in [5, 5.41) is 13.2. The van der Waals surface area contributed by atoms with Gasteiger partial charge < -0.3 is 14.4 Å². The molecule has 0 amide bonds. The van der Waals surface area contributed by atoms with Crippen molar-refractivity contribution in [3.63, 3.8) is 0 Å². The van der Waals surface area contributed by atoms with Crippen LogP contribution in [-0.2, 0) is 17.6 Å². The van der Waals surface area contributed by atoms with Crippen molar-refractivity contribution in [1.82, 2.24) is 5.16 Å². The molecule has 0 bridgehead atoms. The number of carbonyl (C=O) groups is 1. The predicted molar refractivity (Wildman–Crippen MR) is 103 cm³/mol. The zero-order valence-corrected chi connectivity index (χ0v) is 15.5. The molecule has 0 atom stereocenters. The summed E-state index contributed by atoms with van der Waals surface area (Å²) < 4.78 is 10.9. The van der Waals surface area contributed by atoms with Crippen LogP contribution in [0.15, 0.2) is 65.2 Å². The minimum Gasteiger partial charge on any atom is -0.478 e. The highest BCUT2D eigenvalue weighted by Gasteiger charge is 2.29. The van der Waals surface area contributed by atoms with E-state index in [1.807, 2.05) is 60.7 Å². The fourth-order valence-corrected chi connectivity index (χ4v) is 2.70. The molecule has 0 radical (unpaired) electrons. The van der Waals surface area contributed by atoms with Gasteiger partial charge in [-0.2, -0.15) is 0 Å². The van der Waals surface area contributed by atoms with Gasteiger partial charge in [0, 0.05) is 18.1 Å². The number of hydrogen-bond donors (Lipinski definition) is 1. The maximum atomic E-state index is 11.1. The van der Waals surface area contributed by atoms with E-state index in [0.29, 0.717) is 5.75 Å². The third-order valence-electron chi connectivity index (χ3n) is 4.33. The molecule has 1 aromatic heterocycles. The summed E-state index contributed by atoms with van der Waals surface area (Å²) in [4.78, 5) is 11.1. The molecule has 1 N–H and O–H groups in total. The van der Waals surface area contributed by atoms with Crippen LogP contribution >= 0.6 is 0 Å². The lowest BCUT2D eigenvalue weighted by molar-refractivity contribution is -0.152. The molecule has 2 aromatic carbocycles. The molecule has 0 unspecified atom stereocenters. The summed E-state index contributed by atoms with van der Waals surface area (Å²) in [6.07, 6.45) is 2.64. The zero-order chi connectivity index (χ0) is 19.3. The van der Waals surface area contributed by atoms with E-state index in [2.05, 4.69) is 5.16 Å². The Labute approximate surface area is 158 Å². The number of benzene rings is 2. The van der Waals surface area contributed by atoms with Crippen LogP contribution in [0.25, 0.3) is 11.3 Å². The molecule has 1 heterocycles. The molecule has 0 saturated carbocycles. The van der Waals surface area contributed by atoms with Crippen LogP contribution < -0.4 is 4.74 Å². The van der Waals surface area contributed by atoms with E-state index in [4.69, 9.17) is 14.4 Å². The number of ether oxygens (including phenoxy) is 1. The van der Waals surface area contributed by atoms with Gasteiger partial charge in [-0.05, 0) is 44.4 Å². The van der Waals surface area contributed by atoms with Crippen molar-refractivity contribution in [2.45, 2.75) is 38.7 Å². The van der Waals surface area contributed by atoms with Gasteiger partial charge in [0.25, 0.3) is 0 Å². The number of nitrogens with zero attached hydrogens (tertiary/aromatic N) is 1. The van der Waals surface area contributed by atoms with Crippen LogP contribution in [0.5, 0.6) is 5.75 Å². The molecule has 5 nitrogen and oxygen atoms in total. The van der Waals surface area contributed by atoms with Crippen molar-refractivity contribution >= 4 is 5.97 Å². The average Bonchev–Trinajstić information content (AvgIpc) is 3.12. The molecule has 0 aliphatic heterocycles. The van der Waals surface area contributed by atoms with Crippen molar-refractivity contribution in [2.24, 2.45) is 0 Å². The molecule has 3 aromatic rings. The molecule has 3 rings (SSSR count). The Hall–Kier alpha value is -3.08. The van der Waals surface area contributed by atoms with E-state index in [1.54, 1.807) is 0 Å². The molecule has 5 heteroatoms. The van der Waals surface area contributed by atoms with Gasteiger partial charge in [0.15, 0.2) is 5.60 Å². The Bertz CT molecular complexity index is 882. The molecule has 27 heavy (non-hydrogen) atoms. The van der Waals surface area contributed by atoms with Gasteiger partial charge in [0.1, 0.15) is 17.2 Å². The normalized spacial score (nSPS) is 11.3. The van der Waals surface area contributed by atoms with Crippen LogP contribution in [0, 0.1) is 0 Å². The topological polar surface area (TPSA) is 72.6 Å². The van der Waals surface area contributed by atoms with Crippen LogP contribution in [0.4, 0.5) is 0 Å². The lowest BCUT2D eigenvalue weighted by Crippen LogP contribution is -2.37. The zero-order valence-electron chi connectivity index (χ0n) is 15.5. The maximum Gasteiger partial charge on any atom is 0.347 e. The van der Waals surface area contributed by atoms with Crippen molar-refractivity contribution in [2.75, 3.05) is 0 Å². The van der Waals surface area contributed by atoms with Crippen LogP contribution in [0.3, 0.4) is 0 Å². The van der Waals surface area contributed by atoms with E-state index in [1.165, 1.54) is 19.4 Å². The standard InChI is InChI=1S/C22H23NO4/c1-22(2,21(24)25)26-18-13-11-16(12-14-18)7-6-10-19-15-20(23-27-19)17-8-4-3-5-9-17/h3-5,8-9,11-15H,6-7,10H2,1-2H3,(H,24,25). The smallest absolute Gasteiger partial charge is 0.347 e. The van der Waals surface area contributed by atoms with Gasteiger partial charge in [-0.3, -0.25) is 0 Å². The summed E-state index contributed by atoms with van der Waals surface area (Å²) in [6, 6.07) is 19.5. The number of carboxylic acids is 1. The van der Waals surface area contributed by atoms with Crippen molar-refractivity contribution in [3.8, 4) is 17.0 Å². The first-order valence-electron chi connectivity index (χ1n) is 8.96. The molecular formula is C22H23NO4. The van der Waals surface area contributed by atoms with Gasteiger partial charge in [-0.25, -0.2) is 4.79 Å². The summed E-state index contributed by atoms with van der Waals surface area (Å²) >= 11 is 0. The van der Waals surface area contributed by atoms with Crippen LogP contribution in [0.2, 0.25) is 0 Å². The fourth-order valence-electron chi connectivity index (χ4n) is 2.70. The average molecular weight is 365 g/mol. The third kappa shape index (κ3) is 4.97. The van der Waals surface area contributed by atoms with Crippen molar-refractivity contribution < 1.29 is 19.2 Å². The lowest BCUT2D eigenvalue weighted by Gasteiger charge is -2.21. The highest BCUT2D eigenvalue weighted by atomic mass is 16.5. The summed E-state index contributed by atoms with van der Waals surface area (Å²) in [6.45, 7) is 3.06. The second-order valence-electron chi connectivity index (χ2n) is 6.96. The highest BCUT2D eigenvalue weighted by molar-refractivity contribution is 5.76. The maximum absolute atomic E-state index is 11.1. The number of hydrogen-bond acceptors (Lipinski definition) is 4. The molecule has 0 aliphatic carbocycles. The van der Waals surface area contributed by atoms with Crippen LogP contribution in [-0.4, -0.2) is 21.8 Å². The third-order valence-corrected chi connectivity index (χ3v) is 4.33. The van der Waals surface area contributed by atoms with E-state index >= 15 is 0 Å². The van der Waals surface area contributed by atoms with Crippen molar-refractivity contribution in [3.05, 3.63) is 72.0 Å². The number of aliphatic carboxylic acids is 1. The first-order chi connectivity index (χ1) is 12.9. The molecule has 140 valence electrons. The first-order valence-corrected chi connectivity index (χ1v) is 8.96. The molecular weight excluding hydrogens is 342 g/mol. The first kappa shape index (κ1) is 18.7. The predicted octanol–water partition coefficient (Wildman–Crippen LogP) is 4.76. The van der Waals surface area contributed by atoms with E-state index in [0.717, 1.165) is 36.3 Å². The van der Waals surface area contributed by atoms with Crippen LogP contribution in [0.1, 0.15) is 31.6 Å². The minimum atomic E-state index is -1.25. The number of rotatable bonds is 8. The largest absolute Gasteiger partial charge is 0.478 e. The SMILES string of the molecule is CC(C)(Oc1ccc(CCCc2cc(-c3ccccc3)no2)cc1)C(=O)O. The van der Waals surface area contributed by atoms with Gasteiger partial charge in [-0.15, -0.1) is 0 Å². The fraction of sp³-hybridized carbons (Fsp3) is 0.273. The quantitative estimate of drug-likeness (QED) is 0.623. The van der Waals surface area contributed by atoms with E-state index in [-0.39, 0.29) is 0 Å². The second-order valence-corrected chi connectivity index (χ2v) is 6.96. The Kier molecular flexibility index (Phi) is 5.60. The van der Waals surface area contributed by atoms with Gasteiger partial charge in [0.05, 0.1) is 0 Å². The Morgan fingerprint density at radius 1 is 1.07 bits per heavy atom. The summed E-state index contributed by atoms with van der Waals surface area (Å²) in [7, 11) is 0. The molecule has 0 fully saturated rings. The number of aryl methyl sites for hydroxylation is 2. The second kappa shape index (κ2) is 8.08.